The normalized spacial score (nSPS) is 25.3. The Morgan fingerprint density at radius 2 is 1.92 bits per heavy atom. The van der Waals surface area contributed by atoms with Crippen molar-refractivity contribution in [2.45, 2.75) is 31.4 Å². The number of aliphatic hydroxyl groups is 2. The molecule has 0 spiro atoms. The van der Waals surface area contributed by atoms with Gasteiger partial charge in [-0.25, -0.2) is 0 Å². The second kappa shape index (κ2) is 9.67. The number of rotatable bonds is 8. The van der Waals surface area contributed by atoms with Crippen molar-refractivity contribution in [1.82, 2.24) is 9.80 Å². The van der Waals surface area contributed by atoms with Gasteiger partial charge in [-0.05, 0) is 31.9 Å². The lowest BCUT2D eigenvalue weighted by Crippen LogP contribution is -2.50. The van der Waals surface area contributed by atoms with Crippen molar-refractivity contribution in [3.63, 3.8) is 0 Å². The minimum atomic E-state index is -0.966. The van der Waals surface area contributed by atoms with Gasteiger partial charge < -0.3 is 19.7 Å². The second-order valence-corrected chi connectivity index (χ2v) is 7.46. The minimum absolute atomic E-state index is 0.177. The number of benzene rings is 1. The van der Waals surface area contributed by atoms with Crippen LogP contribution in [0.2, 0.25) is 0 Å². The van der Waals surface area contributed by atoms with Crippen molar-refractivity contribution in [2.24, 2.45) is 0 Å². The third-order valence-electron chi connectivity index (χ3n) is 5.28. The third kappa shape index (κ3) is 5.66. The lowest BCUT2D eigenvalue weighted by Gasteiger charge is -2.38. The zero-order chi connectivity index (χ0) is 18.2. The molecule has 1 aromatic carbocycles. The molecule has 2 N–H and O–H groups in total. The van der Waals surface area contributed by atoms with E-state index in [9.17, 15) is 10.2 Å². The maximum Gasteiger partial charge on any atom is 0.123 e. The number of nitrogens with zero attached hydrogens (tertiary/aromatic N) is 2. The van der Waals surface area contributed by atoms with Crippen LogP contribution in [0.3, 0.4) is 0 Å². The summed E-state index contributed by atoms with van der Waals surface area (Å²) in [5, 5.41) is 19.8. The van der Waals surface area contributed by atoms with Gasteiger partial charge in [0.05, 0.1) is 26.4 Å². The predicted molar refractivity (Wildman–Crippen MR) is 100 cm³/mol. The molecule has 0 bridgehead atoms. The molecule has 6 heteroatoms. The summed E-state index contributed by atoms with van der Waals surface area (Å²) in [4.78, 5) is 4.62. The molecular weight excluding hydrogens is 332 g/mol. The molecule has 0 amide bonds. The van der Waals surface area contributed by atoms with Crippen LogP contribution in [0.15, 0.2) is 24.3 Å². The van der Waals surface area contributed by atoms with Crippen LogP contribution in [-0.4, -0.2) is 84.8 Å². The van der Waals surface area contributed by atoms with Crippen molar-refractivity contribution < 1.29 is 19.7 Å². The Morgan fingerprint density at radius 1 is 1.12 bits per heavy atom. The standard InChI is InChI=1S/C20H32N2O4/c23-17-20(24)7-3-8-22(16-20)15-18-5-1-2-6-19(18)26-12-4-9-21-10-13-25-14-11-21/h1-2,5-6,23-24H,3-4,7-17H2/t20-/m0/s1. The fourth-order valence-corrected chi connectivity index (χ4v) is 3.78. The Labute approximate surface area is 156 Å². The quantitative estimate of drug-likeness (QED) is 0.674. The minimum Gasteiger partial charge on any atom is -0.493 e. The molecule has 2 fully saturated rings. The van der Waals surface area contributed by atoms with Crippen LogP contribution in [0.4, 0.5) is 0 Å². The van der Waals surface area contributed by atoms with Crippen molar-refractivity contribution in [3.8, 4) is 5.75 Å². The summed E-state index contributed by atoms with van der Waals surface area (Å²) < 4.78 is 11.4. The molecule has 0 saturated carbocycles. The fraction of sp³-hybridized carbons (Fsp3) is 0.700. The lowest BCUT2D eigenvalue weighted by atomic mass is 9.93. The highest BCUT2D eigenvalue weighted by molar-refractivity contribution is 5.33. The number of morpholine rings is 1. The highest BCUT2D eigenvalue weighted by Gasteiger charge is 2.32. The summed E-state index contributed by atoms with van der Waals surface area (Å²) in [5.41, 5.74) is 0.174. The van der Waals surface area contributed by atoms with E-state index >= 15 is 0 Å². The van der Waals surface area contributed by atoms with E-state index in [-0.39, 0.29) is 6.61 Å². The smallest absolute Gasteiger partial charge is 0.123 e. The molecule has 1 aromatic rings. The monoisotopic (exact) mass is 364 g/mol. The first-order valence-electron chi connectivity index (χ1n) is 9.75. The van der Waals surface area contributed by atoms with Gasteiger partial charge in [-0.2, -0.15) is 0 Å². The SMILES string of the molecule is OC[C@]1(O)CCCN(Cc2ccccc2OCCCN2CCOCC2)C1. The zero-order valence-electron chi connectivity index (χ0n) is 15.6. The molecule has 1 atom stereocenters. The molecule has 2 heterocycles. The first-order valence-corrected chi connectivity index (χ1v) is 9.75. The first kappa shape index (κ1) is 19.6. The molecule has 6 nitrogen and oxygen atoms in total. The van der Waals surface area contributed by atoms with E-state index in [1.54, 1.807) is 0 Å². The molecule has 0 aliphatic carbocycles. The molecule has 3 rings (SSSR count). The number of hydrogen-bond donors (Lipinski definition) is 2. The molecule has 2 aliphatic rings. The molecule has 2 aliphatic heterocycles. The Hall–Kier alpha value is -1.18. The van der Waals surface area contributed by atoms with E-state index in [2.05, 4.69) is 15.9 Å². The van der Waals surface area contributed by atoms with E-state index < -0.39 is 5.60 Å². The van der Waals surface area contributed by atoms with Gasteiger partial charge in [0.2, 0.25) is 0 Å². The summed E-state index contributed by atoms with van der Waals surface area (Å²) in [6.07, 6.45) is 2.57. The lowest BCUT2D eigenvalue weighted by molar-refractivity contribution is -0.0688. The summed E-state index contributed by atoms with van der Waals surface area (Å²) >= 11 is 0. The third-order valence-corrected chi connectivity index (χ3v) is 5.28. The van der Waals surface area contributed by atoms with Crippen LogP contribution in [0.1, 0.15) is 24.8 Å². The fourth-order valence-electron chi connectivity index (χ4n) is 3.78. The van der Waals surface area contributed by atoms with Gasteiger partial charge in [0.25, 0.3) is 0 Å². The molecule has 146 valence electrons. The van der Waals surface area contributed by atoms with Gasteiger partial charge in [0.1, 0.15) is 11.4 Å². The molecule has 0 aromatic heterocycles. The number of para-hydroxylation sites is 1. The van der Waals surface area contributed by atoms with Gasteiger partial charge >= 0.3 is 0 Å². The number of aliphatic hydroxyl groups excluding tert-OH is 1. The maximum absolute atomic E-state index is 10.4. The number of hydrogen-bond acceptors (Lipinski definition) is 6. The van der Waals surface area contributed by atoms with E-state index in [1.807, 2.05) is 18.2 Å². The van der Waals surface area contributed by atoms with Crippen molar-refractivity contribution in [1.29, 1.82) is 0 Å². The van der Waals surface area contributed by atoms with Crippen LogP contribution in [0, 0.1) is 0 Å². The molecule has 2 saturated heterocycles. The average molecular weight is 364 g/mol. The Morgan fingerprint density at radius 3 is 2.73 bits per heavy atom. The topological polar surface area (TPSA) is 65.4 Å². The van der Waals surface area contributed by atoms with Gasteiger partial charge in [-0.1, -0.05) is 18.2 Å². The van der Waals surface area contributed by atoms with E-state index in [1.165, 1.54) is 0 Å². The highest BCUT2D eigenvalue weighted by atomic mass is 16.5. The summed E-state index contributed by atoms with van der Waals surface area (Å²) in [5.74, 6) is 0.924. The summed E-state index contributed by atoms with van der Waals surface area (Å²) in [6, 6.07) is 8.13. The maximum atomic E-state index is 10.4. The molecular formula is C20H32N2O4. The predicted octanol–water partition coefficient (Wildman–Crippen LogP) is 1.11. The van der Waals surface area contributed by atoms with E-state index in [4.69, 9.17) is 9.47 Å². The van der Waals surface area contributed by atoms with Crippen LogP contribution in [0.5, 0.6) is 5.75 Å². The van der Waals surface area contributed by atoms with Crippen LogP contribution in [-0.2, 0) is 11.3 Å². The van der Waals surface area contributed by atoms with E-state index in [0.717, 1.165) is 70.1 Å². The zero-order valence-corrected chi connectivity index (χ0v) is 15.6. The first-order chi connectivity index (χ1) is 12.7. The van der Waals surface area contributed by atoms with Crippen LogP contribution in [0.25, 0.3) is 0 Å². The number of ether oxygens (including phenoxy) is 2. The average Bonchev–Trinajstić information content (AvgIpc) is 2.67. The van der Waals surface area contributed by atoms with Gasteiger partial charge in [-0.3, -0.25) is 9.80 Å². The number of β-amino-alcohol motifs (C(OH)–C–C–N with tert-alkyl or cyclic N) is 1. The Kier molecular flexibility index (Phi) is 7.28. The van der Waals surface area contributed by atoms with Crippen molar-refractivity contribution in [3.05, 3.63) is 29.8 Å². The van der Waals surface area contributed by atoms with Crippen LogP contribution < -0.4 is 4.74 Å². The van der Waals surface area contributed by atoms with Gasteiger partial charge in [-0.15, -0.1) is 0 Å². The van der Waals surface area contributed by atoms with Gasteiger partial charge in [0.15, 0.2) is 0 Å². The summed E-state index contributed by atoms with van der Waals surface area (Å²) in [7, 11) is 0. The second-order valence-electron chi connectivity index (χ2n) is 7.46. The Bertz CT molecular complexity index is 550. The highest BCUT2D eigenvalue weighted by Crippen LogP contribution is 2.25. The Balaban J connectivity index is 1.48. The largest absolute Gasteiger partial charge is 0.493 e. The van der Waals surface area contributed by atoms with Gasteiger partial charge in [0, 0.05) is 38.3 Å². The molecule has 0 unspecified atom stereocenters. The van der Waals surface area contributed by atoms with Crippen molar-refractivity contribution in [2.75, 3.05) is 59.2 Å². The molecule has 26 heavy (non-hydrogen) atoms. The van der Waals surface area contributed by atoms with E-state index in [0.29, 0.717) is 19.6 Å². The number of piperidine rings is 1. The van der Waals surface area contributed by atoms with Crippen LogP contribution >= 0.6 is 0 Å². The van der Waals surface area contributed by atoms with Crippen molar-refractivity contribution >= 4 is 0 Å². The molecule has 0 radical (unpaired) electrons. The number of likely N-dealkylation sites (tertiary alicyclic amines) is 1. The summed E-state index contributed by atoms with van der Waals surface area (Å²) in [6.45, 7) is 7.45.